The number of rotatable bonds is 3. The maximum Gasteiger partial charge on any atom is 0.223 e. The largest absolute Gasteiger partial charge is 0.353 e. The van der Waals surface area contributed by atoms with E-state index in [4.69, 9.17) is 5.73 Å². The molecule has 4 heteroatoms. The molecule has 2 fully saturated rings. The highest BCUT2D eigenvalue weighted by Gasteiger charge is 2.27. The van der Waals surface area contributed by atoms with Crippen LogP contribution in [0.1, 0.15) is 51.4 Å². The molecule has 2 aliphatic rings. The quantitative estimate of drug-likeness (QED) is 0.827. The third kappa shape index (κ3) is 3.89. The summed E-state index contributed by atoms with van der Waals surface area (Å²) in [5.74, 6) is 0.512. The second-order valence-electron chi connectivity index (χ2n) is 5.83. The average Bonchev–Trinajstić information content (AvgIpc) is 2.40. The van der Waals surface area contributed by atoms with Crippen molar-refractivity contribution in [2.45, 2.75) is 68.7 Å². The number of carbonyl (C=O) groups is 1. The van der Waals surface area contributed by atoms with E-state index in [0.29, 0.717) is 12.1 Å². The van der Waals surface area contributed by atoms with Gasteiger partial charge in [-0.2, -0.15) is 11.8 Å². The third-order valence-electron chi connectivity index (χ3n) is 4.50. The maximum atomic E-state index is 12.2. The highest BCUT2D eigenvalue weighted by molar-refractivity contribution is 7.99. The van der Waals surface area contributed by atoms with Crippen molar-refractivity contribution < 1.29 is 4.79 Å². The summed E-state index contributed by atoms with van der Waals surface area (Å²) >= 11 is 1.97. The maximum absolute atomic E-state index is 12.2. The first kappa shape index (κ1) is 14.2. The summed E-state index contributed by atoms with van der Waals surface area (Å²) < 4.78 is 0. The fraction of sp³-hybridized carbons (Fsp3) is 0.929. The molecular weight excluding hydrogens is 244 g/mol. The smallest absolute Gasteiger partial charge is 0.223 e. The molecule has 0 atom stereocenters. The van der Waals surface area contributed by atoms with Crippen molar-refractivity contribution in [2.75, 3.05) is 6.26 Å². The monoisotopic (exact) mass is 270 g/mol. The Morgan fingerprint density at radius 3 is 2.22 bits per heavy atom. The first-order valence-electron chi connectivity index (χ1n) is 7.27. The Bertz CT molecular complexity index is 269. The molecule has 2 aliphatic carbocycles. The van der Waals surface area contributed by atoms with E-state index >= 15 is 0 Å². The van der Waals surface area contributed by atoms with Crippen molar-refractivity contribution >= 4 is 17.7 Å². The van der Waals surface area contributed by atoms with Gasteiger partial charge in [-0.1, -0.05) is 0 Å². The van der Waals surface area contributed by atoms with Gasteiger partial charge >= 0.3 is 0 Å². The van der Waals surface area contributed by atoms with Gasteiger partial charge in [0.15, 0.2) is 0 Å². The molecule has 104 valence electrons. The fourth-order valence-electron chi connectivity index (χ4n) is 3.14. The van der Waals surface area contributed by atoms with Crippen molar-refractivity contribution in [3.05, 3.63) is 0 Å². The summed E-state index contributed by atoms with van der Waals surface area (Å²) in [5.41, 5.74) is 5.88. The van der Waals surface area contributed by atoms with E-state index in [1.165, 1.54) is 12.8 Å². The Labute approximate surface area is 115 Å². The van der Waals surface area contributed by atoms with Gasteiger partial charge in [0.1, 0.15) is 0 Å². The number of hydrogen-bond donors (Lipinski definition) is 2. The van der Waals surface area contributed by atoms with Crippen LogP contribution in [0.15, 0.2) is 0 Å². The zero-order valence-corrected chi connectivity index (χ0v) is 12.2. The highest BCUT2D eigenvalue weighted by atomic mass is 32.2. The van der Waals surface area contributed by atoms with E-state index in [0.717, 1.165) is 43.8 Å². The summed E-state index contributed by atoms with van der Waals surface area (Å²) in [7, 11) is 0. The van der Waals surface area contributed by atoms with Crippen LogP contribution in [0.5, 0.6) is 0 Å². The van der Waals surface area contributed by atoms with Gasteiger partial charge in [-0.25, -0.2) is 0 Å². The minimum absolute atomic E-state index is 0.225. The van der Waals surface area contributed by atoms with Gasteiger partial charge in [0.2, 0.25) is 5.91 Å². The first-order chi connectivity index (χ1) is 8.69. The molecule has 1 amide bonds. The molecule has 0 bridgehead atoms. The molecule has 0 aromatic carbocycles. The van der Waals surface area contributed by atoms with Crippen LogP contribution in [0, 0.1) is 5.92 Å². The van der Waals surface area contributed by atoms with Gasteiger partial charge in [0, 0.05) is 23.3 Å². The van der Waals surface area contributed by atoms with Crippen LogP contribution in [0.25, 0.3) is 0 Å². The zero-order valence-electron chi connectivity index (χ0n) is 11.4. The molecule has 18 heavy (non-hydrogen) atoms. The lowest BCUT2D eigenvalue weighted by Gasteiger charge is -2.31. The van der Waals surface area contributed by atoms with E-state index < -0.39 is 0 Å². The van der Waals surface area contributed by atoms with E-state index in [1.807, 2.05) is 11.8 Å². The van der Waals surface area contributed by atoms with Crippen LogP contribution in [0.2, 0.25) is 0 Å². The van der Waals surface area contributed by atoms with Crippen molar-refractivity contribution in [2.24, 2.45) is 11.7 Å². The number of amides is 1. The van der Waals surface area contributed by atoms with E-state index in [-0.39, 0.29) is 11.8 Å². The Morgan fingerprint density at radius 2 is 1.67 bits per heavy atom. The molecule has 0 aromatic rings. The van der Waals surface area contributed by atoms with Crippen LogP contribution < -0.4 is 11.1 Å². The van der Waals surface area contributed by atoms with Crippen molar-refractivity contribution in [3.63, 3.8) is 0 Å². The zero-order chi connectivity index (χ0) is 13.0. The van der Waals surface area contributed by atoms with Gasteiger partial charge in [0.05, 0.1) is 0 Å². The second-order valence-corrected chi connectivity index (χ2v) is 6.97. The number of carbonyl (C=O) groups excluding carboxylic acids is 1. The predicted octanol–water partition coefficient (Wildman–Crippen LogP) is 2.29. The van der Waals surface area contributed by atoms with Crippen LogP contribution in [-0.4, -0.2) is 29.5 Å². The molecule has 0 radical (unpaired) electrons. The van der Waals surface area contributed by atoms with Crippen LogP contribution in [0.3, 0.4) is 0 Å². The Hall–Kier alpha value is -0.220. The second kappa shape index (κ2) is 6.80. The normalized spacial score (nSPS) is 37.2. The highest BCUT2D eigenvalue weighted by Crippen LogP contribution is 2.28. The Morgan fingerprint density at radius 1 is 1.06 bits per heavy atom. The molecule has 0 aromatic heterocycles. The molecule has 0 saturated heterocycles. The molecule has 2 saturated carbocycles. The SMILES string of the molecule is CSC1CCC(NC(=O)C2CCC(N)CC2)CC1. The van der Waals surface area contributed by atoms with Gasteiger partial charge in [0.25, 0.3) is 0 Å². The summed E-state index contributed by atoms with van der Waals surface area (Å²) in [5, 5.41) is 4.07. The van der Waals surface area contributed by atoms with Crippen molar-refractivity contribution in [1.82, 2.24) is 5.32 Å². The summed E-state index contributed by atoms with van der Waals surface area (Å²) in [6.45, 7) is 0. The molecule has 2 rings (SSSR count). The van der Waals surface area contributed by atoms with Crippen LogP contribution >= 0.6 is 11.8 Å². The van der Waals surface area contributed by atoms with Crippen molar-refractivity contribution in [3.8, 4) is 0 Å². The molecule has 0 unspecified atom stereocenters. The van der Waals surface area contributed by atoms with Gasteiger partial charge in [-0.05, 0) is 57.6 Å². The molecule has 3 N–H and O–H groups in total. The minimum Gasteiger partial charge on any atom is -0.353 e. The number of thioether (sulfide) groups is 1. The lowest BCUT2D eigenvalue weighted by molar-refractivity contribution is -0.126. The molecular formula is C14H26N2OS. The molecule has 0 heterocycles. The average molecular weight is 270 g/mol. The lowest BCUT2D eigenvalue weighted by Crippen LogP contribution is -2.43. The minimum atomic E-state index is 0.225. The van der Waals surface area contributed by atoms with E-state index in [2.05, 4.69) is 11.6 Å². The van der Waals surface area contributed by atoms with Crippen molar-refractivity contribution in [1.29, 1.82) is 0 Å². The van der Waals surface area contributed by atoms with E-state index in [9.17, 15) is 4.79 Å². The topological polar surface area (TPSA) is 55.1 Å². The molecule has 0 aliphatic heterocycles. The first-order valence-corrected chi connectivity index (χ1v) is 8.56. The lowest BCUT2D eigenvalue weighted by atomic mass is 9.85. The molecule has 3 nitrogen and oxygen atoms in total. The number of nitrogens with two attached hydrogens (primary N) is 1. The summed E-state index contributed by atoms with van der Waals surface area (Å²) in [4.78, 5) is 12.2. The Kier molecular flexibility index (Phi) is 5.37. The van der Waals surface area contributed by atoms with Gasteiger partial charge < -0.3 is 11.1 Å². The summed E-state index contributed by atoms with van der Waals surface area (Å²) in [6.07, 6.45) is 11.0. The van der Waals surface area contributed by atoms with Crippen LogP contribution in [0.4, 0.5) is 0 Å². The number of nitrogens with one attached hydrogen (secondary N) is 1. The van der Waals surface area contributed by atoms with Gasteiger partial charge in [-0.3, -0.25) is 4.79 Å². The Balaban J connectivity index is 1.71. The summed E-state index contributed by atoms with van der Waals surface area (Å²) in [6, 6.07) is 0.752. The molecule has 0 spiro atoms. The number of hydrogen-bond acceptors (Lipinski definition) is 3. The third-order valence-corrected chi connectivity index (χ3v) is 5.63. The fourth-order valence-corrected chi connectivity index (χ4v) is 3.89. The van der Waals surface area contributed by atoms with E-state index in [1.54, 1.807) is 0 Å². The predicted molar refractivity (Wildman–Crippen MR) is 77.6 cm³/mol. The van der Waals surface area contributed by atoms with Crippen LogP contribution in [-0.2, 0) is 4.79 Å². The standard InChI is InChI=1S/C14H26N2OS/c1-18-13-8-6-12(7-9-13)16-14(17)10-2-4-11(15)5-3-10/h10-13H,2-9,15H2,1H3,(H,16,17). The van der Waals surface area contributed by atoms with Gasteiger partial charge in [-0.15, -0.1) is 0 Å².